The van der Waals surface area contributed by atoms with E-state index in [4.69, 9.17) is 21.1 Å². The molecule has 0 saturated heterocycles. The second-order valence-electron chi connectivity index (χ2n) is 3.15. The van der Waals surface area contributed by atoms with E-state index in [0.717, 1.165) is 5.56 Å². The smallest absolute Gasteiger partial charge is 0.393 e. The molecule has 1 N–H and O–H groups in total. The molecule has 5 nitrogen and oxygen atoms in total. The molecule has 6 heteroatoms. The standard InChI is InChI=1S/C10H7ClN2O3/c1-5-3-2-4-6(7(5)11)8-12-13-9(16-8)10(14)15/h2-4H,1H3,(H,14,15). The van der Waals surface area contributed by atoms with Crippen molar-refractivity contribution in [3.63, 3.8) is 0 Å². The van der Waals surface area contributed by atoms with E-state index in [2.05, 4.69) is 10.2 Å². The van der Waals surface area contributed by atoms with Crippen LogP contribution in [0.1, 0.15) is 16.2 Å². The number of halogens is 1. The van der Waals surface area contributed by atoms with Crippen molar-refractivity contribution in [2.75, 3.05) is 0 Å². The number of hydrogen-bond acceptors (Lipinski definition) is 4. The number of carboxylic acids is 1. The van der Waals surface area contributed by atoms with E-state index in [-0.39, 0.29) is 5.89 Å². The molecule has 0 atom stereocenters. The maximum absolute atomic E-state index is 10.6. The molecule has 0 spiro atoms. The van der Waals surface area contributed by atoms with Crippen molar-refractivity contribution in [2.45, 2.75) is 6.92 Å². The summed E-state index contributed by atoms with van der Waals surface area (Å²) in [6.45, 7) is 1.83. The van der Waals surface area contributed by atoms with E-state index in [9.17, 15) is 4.79 Å². The van der Waals surface area contributed by atoms with Crippen molar-refractivity contribution in [3.8, 4) is 11.5 Å². The highest BCUT2D eigenvalue weighted by Crippen LogP contribution is 2.29. The monoisotopic (exact) mass is 238 g/mol. The number of benzene rings is 1. The Morgan fingerprint density at radius 2 is 2.19 bits per heavy atom. The minimum Gasteiger partial charge on any atom is -0.474 e. The van der Waals surface area contributed by atoms with Crippen LogP contribution in [0.3, 0.4) is 0 Å². The zero-order valence-corrected chi connectivity index (χ0v) is 9.02. The highest BCUT2D eigenvalue weighted by Gasteiger charge is 2.16. The van der Waals surface area contributed by atoms with Gasteiger partial charge in [0.25, 0.3) is 0 Å². The number of nitrogens with zero attached hydrogens (tertiary/aromatic N) is 2. The first-order chi connectivity index (χ1) is 7.59. The summed E-state index contributed by atoms with van der Waals surface area (Å²) in [6, 6.07) is 5.30. The van der Waals surface area contributed by atoms with Gasteiger partial charge in [0.05, 0.1) is 10.6 Å². The Bertz CT molecular complexity index is 551. The highest BCUT2D eigenvalue weighted by atomic mass is 35.5. The lowest BCUT2D eigenvalue weighted by molar-refractivity contribution is 0.0654. The summed E-state index contributed by atoms with van der Waals surface area (Å²) in [5, 5.41) is 16.1. The second kappa shape index (κ2) is 3.94. The fraction of sp³-hybridized carbons (Fsp3) is 0.100. The number of carbonyl (C=O) groups is 1. The fourth-order valence-electron chi connectivity index (χ4n) is 1.23. The third-order valence-corrected chi connectivity index (χ3v) is 2.53. The molecule has 1 heterocycles. The lowest BCUT2D eigenvalue weighted by Gasteiger charge is -2.01. The van der Waals surface area contributed by atoms with E-state index in [1.165, 1.54) is 0 Å². The minimum atomic E-state index is -1.26. The normalized spacial score (nSPS) is 10.4. The van der Waals surface area contributed by atoms with Gasteiger partial charge in [-0.1, -0.05) is 23.7 Å². The molecule has 2 aromatic rings. The zero-order chi connectivity index (χ0) is 11.7. The van der Waals surface area contributed by atoms with Gasteiger partial charge in [-0.25, -0.2) is 4.79 Å². The maximum atomic E-state index is 10.6. The molecule has 0 aliphatic heterocycles. The van der Waals surface area contributed by atoms with Gasteiger partial charge in [-0.15, -0.1) is 10.2 Å². The molecule has 1 aromatic heterocycles. The van der Waals surface area contributed by atoms with Gasteiger partial charge < -0.3 is 9.52 Å². The number of aryl methyl sites for hydroxylation is 1. The van der Waals surface area contributed by atoms with Crippen LogP contribution >= 0.6 is 11.6 Å². The Balaban J connectivity index is 2.50. The van der Waals surface area contributed by atoms with Gasteiger partial charge >= 0.3 is 11.9 Å². The molecule has 0 fully saturated rings. The van der Waals surface area contributed by atoms with Crippen LogP contribution in [0.15, 0.2) is 22.6 Å². The molecular formula is C10H7ClN2O3. The maximum Gasteiger partial charge on any atom is 0.393 e. The minimum absolute atomic E-state index is 0.103. The van der Waals surface area contributed by atoms with Crippen molar-refractivity contribution >= 4 is 17.6 Å². The highest BCUT2D eigenvalue weighted by molar-refractivity contribution is 6.33. The summed E-state index contributed by atoms with van der Waals surface area (Å²) in [4.78, 5) is 10.6. The van der Waals surface area contributed by atoms with Crippen molar-refractivity contribution in [1.29, 1.82) is 0 Å². The van der Waals surface area contributed by atoms with Gasteiger partial charge in [-0.3, -0.25) is 0 Å². The largest absolute Gasteiger partial charge is 0.474 e. The Morgan fingerprint density at radius 3 is 2.81 bits per heavy atom. The van der Waals surface area contributed by atoms with Gasteiger partial charge in [-0.05, 0) is 18.6 Å². The predicted molar refractivity (Wildman–Crippen MR) is 56.4 cm³/mol. The molecule has 0 bridgehead atoms. The van der Waals surface area contributed by atoms with Gasteiger partial charge in [-0.2, -0.15) is 0 Å². The van der Waals surface area contributed by atoms with Crippen molar-refractivity contribution in [3.05, 3.63) is 34.7 Å². The van der Waals surface area contributed by atoms with Gasteiger partial charge in [0.1, 0.15) is 0 Å². The summed E-state index contributed by atoms with van der Waals surface area (Å²) in [6.07, 6.45) is 0. The quantitative estimate of drug-likeness (QED) is 0.869. The molecule has 2 rings (SSSR count). The first kappa shape index (κ1) is 10.6. The number of carboxylic acid groups (broad SMARTS) is 1. The van der Waals surface area contributed by atoms with E-state index in [0.29, 0.717) is 10.6 Å². The van der Waals surface area contributed by atoms with Gasteiger partial charge in [0.2, 0.25) is 5.89 Å². The number of rotatable bonds is 2. The topological polar surface area (TPSA) is 76.2 Å². The van der Waals surface area contributed by atoms with E-state index in [1.54, 1.807) is 12.1 Å². The Morgan fingerprint density at radius 1 is 1.44 bits per heavy atom. The number of aromatic carboxylic acids is 1. The zero-order valence-electron chi connectivity index (χ0n) is 8.27. The lowest BCUT2D eigenvalue weighted by Crippen LogP contribution is -1.95. The SMILES string of the molecule is Cc1cccc(-c2nnc(C(=O)O)o2)c1Cl. The van der Waals surface area contributed by atoms with Crippen molar-refractivity contribution < 1.29 is 14.3 Å². The number of aromatic nitrogens is 2. The van der Waals surface area contributed by atoms with Crippen LogP contribution in [-0.2, 0) is 0 Å². The lowest BCUT2D eigenvalue weighted by atomic mass is 10.1. The van der Waals surface area contributed by atoms with Crippen LogP contribution < -0.4 is 0 Å². The third-order valence-electron chi connectivity index (χ3n) is 2.03. The molecule has 0 amide bonds. The summed E-state index contributed by atoms with van der Waals surface area (Å²) < 4.78 is 4.96. The van der Waals surface area contributed by atoms with Crippen molar-refractivity contribution in [1.82, 2.24) is 10.2 Å². The van der Waals surface area contributed by atoms with Crippen LogP contribution in [0.5, 0.6) is 0 Å². The second-order valence-corrected chi connectivity index (χ2v) is 3.53. The fourth-order valence-corrected chi connectivity index (χ4v) is 1.44. The average molecular weight is 239 g/mol. The van der Waals surface area contributed by atoms with Crippen LogP contribution in [0.25, 0.3) is 11.5 Å². The Hall–Kier alpha value is -1.88. The Kier molecular flexibility index (Phi) is 2.62. The molecule has 1 aromatic carbocycles. The average Bonchev–Trinajstić information content (AvgIpc) is 2.71. The summed E-state index contributed by atoms with van der Waals surface area (Å²) in [5.41, 5.74) is 1.39. The molecule has 0 saturated carbocycles. The molecule has 82 valence electrons. The van der Waals surface area contributed by atoms with Crippen molar-refractivity contribution in [2.24, 2.45) is 0 Å². The van der Waals surface area contributed by atoms with Crippen LogP contribution in [0.4, 0.5) is 0 Å². The van der Waals surface area contributed by atoms with Gasteiger partial charge in [0.15, 0.2) is 0 Å². The van der Waals surface area contributed by atoms with Crippen LogP contribution in [0.2, 0.25) is 5.02 Å². The molecule has 0 aliphatic rings. The summed E-state index contributed by atoms with van der Waals surface area (Å²) >= 11 is 6.04. The van der Waals surface area contributed by atoms with E-state index >= 15 is 0 Å². The third kappa shape index (κ3) is 1.77. The first-order valence-electron chi connectivity index (χ1n) is 4.42. The number of hydrogen-bond donors (Lipinski definition) is 1. The predicted octanol–water partition coefficient (Wildman–Crippen LogP) is 2.40. The van der Waals surface area contributed by atoms with Crippen LogP contribution in [-0.4, -0.2) is 21.3 Å². The van der Waals surface area contributed by atoms with Gasteiger partial charge in [0, 0.05) is 0 Å². The molecule has 16 heavy (non-hydrogen) atoms. The summed E-state index contributed by atoms with van der Waals surface area (Å²) in [7, 11) is 0. The molecule has 0 radical (unpaired) electrons. The first-order valence-corrected chi connectivity index (χ1v) is 4.79. The van der Waals surface area contributed by atoms with E-state index in [1.807, 2.05) is 13.0 Å². The molecule has 0 aliphatic carbocycles. The molecular weight excluding hydrogens is 232 g/mol. The van der Waals surface area contributed by atoms with Crippen LogP contribution in [0, 0.1) is 6.92 Å². The molecule has 0 unspecified atom stereocenters. The Labute approximate surface area is 95.7 Å². The van der Waals surface area contributed by atoms with E-state index < -0.39 is 11.9 Å². The summed E-state index contributed by atoms with van der Waals surface area (Å²) in [5.74, 6) is -1.61.